The molecule has 2 rings (SSSR count). The number of anilines is 2. The number of nitrogens with two attached hydrogens (primary N) is 1. The Morgan fingerprint density at radius 3 is 2.84 bits per heavy atom. The van der Waals surface area contributed by atoms with Crippen LogP contribution in [0.4, 0.5) is 20.6 Å². The quantitative estimate of drug-likeness (QED) is 0.859. The van der Waals surface area contributed by atoms with Gasteiger partial charge in [-0.1, -0.05) is 26.3 Å². The molecule has 1 unspecified atom stereocenters. The van der Waals surface area contributed by atoms with Gasteiger partial charge < -0.3 is 11.1 Å². The number of urea groups is 1. The van der Waals surface area contributed by atoms with Crippen molar-refractivity contribution < 1.29 is 14.0 Å². The molecule has 1 aliphatic heterocycles. The van der Waals surface area contributed by atoms with E-state index < -0.39 is 23.8 Å². The Balaban J connectivity index is 2.57. The third kappa shape index (κ3) is 2.14. The second-order valence-electron chi connectivity index (χ2n) is 4.66. The lowest BCUT2D eigenvalue weighted by molar-refractivity contribution is -0.118. The predicted octanol–water partition coefficient (Wildman–Crippen LogP) is 2.08. The number of hydrogen-bond acceptors (Lipinski definition) is 2. The molecule has 1 heterocycles. The summed E-state index contributed by atoms with van der Waals surface area (Å²) < 4.78 is 13.7. The third-order valence-corrected chi connectivity index (χ3v) is 3.47. The maximum Gasteiger partial charge on any atom is 0.320 e. The molecule has 0 saturated carbocycles. The summed E-state index contributed by atoms with van der Waals surface area (Å²) in [6.07, 6.45) is 0.701. The van der Waals surface area contributed by atoms with Crippen molar-refractivity contribution in [2.75, 3.05) is 10.2 Å². The summed E-state index contributed by atoms with van der Waals surface area (Å²) in [5, 5.41) is 2.51. The molecule has 1 aromatic rings. The molecule has 102 valence electrons. The molecule has 1 aliphatic rings. The summed E-state index contributed by atoms with van der Waals surface area (Å²) in [7, 11) is 0. The lowest BCUT2D eigenvalue weighted by Crippen LogP contribution is -2.56. The Labute approximate surface area is 110 Å². The van der Waals surface area contributed by atoms with E-state index in [1.54, 1.807) is 6.07 Å². The molecule has 0 bridgehead atoms. The predicted molar refractivity (Wildman–Crippen MR) is 70.3 cm³/mol. The highest BCUT2D eigenvalue weighted by atomic mass is 19.1. The molecule has 0 saturated heterocycles. The van der Waals surface area contributed by atoms with Gasteiger partial charge in [0.2, 0.25) is 5.91 Å². The van der Waals surface area contributed by atoms with Crippen LogP contribution in [0.3, 0.4) is 0 Å². The fraction of sp³-hybridized carbons (Fsp3) is 0.385. The zero-order chi connectivity index (χ0) is 14.2. The SMILES string of the molecule is CC[C@H](C)C1C(=O)Nc2c(F)cccc2N1C(N)=O. The van der Waals surface area contributed by atoms with Gasteiger partial charge in [0.1, 0.15) is 17.5 Å². The van der Waals surface area contributed by atoms with E-state index in [0.717, 1.165) is 0 Å². The number of rotatable bonds is 2. The number of carbonyl (C=O) groups excluding carboxylic acids is 2. The van der Waals surface area contributed by atoms with Gasteiger partial charge in [-0.05, 0) is 18.1 Å². The van der Waals surface area contributed by atoms with Crippen LogP contribution >= 0.6 is 0 Å². The van der Waals surface area contributed by atoms with Gasteiger partial charge in [0, 0.05) is 0 Å². The second kappa shape index (κ2) is 4.87. The molecule has 0 aromatic heterocycles. The van der Waals surface area contributed by atoms with Gasteiger partial charge in [-0.15, -0.1) is 0 Å². The van der Waals surface area contributed by atoms with Crippen molar-refractivity contribution in [2.45, 2.75) is 26.3 Å². The normalized spacial score (nSPS) is 19.6. The smallest absolute Gasteiger partial charge is 0.320 e. The molecule has 5 nitrogen and oxygen atoms in total. The van der Waals surface area contributed by atoms with Crippen LogP contribution < -0.4 is 16.0 Å². The van der Waals surface area contributed by atoms with Crippen molar-refractivity contribution in [3.05, 3.63) is 24.0 Å². The average Bonchev–Trinajstić information content (AvgIpc) is 2.37. The molecule has 0 spiro atoms. The van der Waals surface area contributed by atoms with Crippen LogP contribution in [0.15, 0.2) is 18.2 Å². The minimum Gasteiger partial charge on any atom is -0.351 e. The van der Waals surface area contributed by atoms with Gasteiger partial charge >= 0.3 is 6.03 Å². The van der Waals surface area contributed by atoms with Gasteiger partial charge in [0.05, 0.1) is 5.69 Å². The standard InChI is InChI=1S/C13H16FN3O2/c1-3-7(2)11-12(18)16-10-8(14)5-4-6-9(10)17(11)13(15)19/h4-7,11H,3H2,1-2H3,(H2,15,19)(H,16,18)/t7-,11?/m0/s1. The summed E-state index contributed by atoms with van der Waals surface area (Å²) >= 11 is 0. The molecular weight excluding hydrogens is 249 g/mol. The number of carbonyl (C=O) groups is 2. The topological polar surface area (TPSA) is 75.4 Å². The molecule has 3 N–H and O–H groups in total. The van der Waals surface area contributed by atoms with E-state index in [1.807, 2.05) is 13.8 Å². The van der Waals surface area contributed by atoms with E-state index >= 15 is 0 Å². The Morgan fingerprint density at radius 2 is 2.26 bits per heavy atom. The van der Waals surface area contributed by atoms with Crippen molar-refractivity contribution in [3.63, 3.8) is 0 Å². The largest absolute Gasteiger partial charge is 0.351 e. The van der Waals surface area contributed by atoms with Crippen LogP contribution in [0.5, 0.6) is 0 Å². The summed E-state index contributed by atoms with van der Waals surface area (Å²) in [6.45, 7) is 3.77. The van der Waals surface area contributed by atoms with Crippen LogP contribution in [-0.2, 0) is 4.79 Å². The first-order valence-electron chi connectivity index (χ1n) is 6.15. The fourth-order valence-electron chi connectivity index (χ4n) is 2.29. The first-order chi connectivity index (χ1) is 8.97. The number of benzene rings is 1. The zero-order valence-electron chi connectivity index (χ0n) is 10.8. The highest BCUT2D eigenvalue weighted by Crippen LogP contribution is 2.36. The first-order valence-corrected chi connectivity index (χ1v) is 6.15. The molecule has 2 atom stereocenters. The monoisotopic (exact) mass is 265 g/mol. The molecule has 0 fully saturated rings. The van der Waals surface area contributed by atoms with Crippen molar-refractivity contribution in [2.24, 2.45) is 11.7 Å². The van der Waals surface area contributed by atoms with Gasteiger partial charge in [0.25, 0.3) is 0 Å². The van der Waals surface area contributed by atoms with Crippen molar-refractivity contribution in [1.82, 2.24) is 0 Å². The lowest BCUT2D eigenvalue weighted by atomic mass is 9.94. The van der Waals surface area contributed by atoms with E-state index in [4.69, 9.17) is 5.73 Å². The zero-order valence-corrected chi connectivity index (χ0v) is 10.8. The minimum atomic E-state index is -0.757. The Hall–Kier alpha value is -2.11. The number of para-hydroxylation sites is 1. The summed E-state index contributed by atoms with van der Waals surface area (Å²) in [6, 6.07) is 2.80. The van der Waals surface area contributed by atoms with Crippen LogP contribution in [0.2, 0.25) is 0 Å². The van der Waals surface area contributed by atoms with Crippen LogP contribution in [0.1, 0.15) is 20.3 Å². The van der Waals surface area contributed by atoms with E-state index in [9.17, 15) is 14.0 Å². The number of halogens is 1. The van der Waals surface area contributed by atoms with E-state index in [-0.39, 0.29) is 11.6 Å². The van der Waals surface area contributed by atoms with E-state index in [0.29, 0.717) is 12.1 Å². The second-order valence-corrected chi connectivity index (χ2v) is 4.66. The Kier molecular flexibility index (Phi) is 3.42. The number of hydrogen-bond donors (Lipinski definition) is 2. The molecule has 0 radical (unpaired) electrons. The molecule has 0 aliphatic carbocycles. The molecule has 1 aromatic carbocycles. The van der Waals surface area contributed by atoms with Gasteiger partial charge in [-0.25, -0.2) is 9.18 Å². The summed E-state index contributed by atoms with van der Waals surface area (Å²) in [5.74, 6) is -1.07. The minimum absolute atomic E-state index is 0.00542. The molecule has 6 heteroatoms. The molecular formula is C13H16FN3O2. The number of nitrogens with one attached hydrogen (secondary N) is 1. The van der Waals surface area contributed by atoms with Crippen molar-refractivity contribution in [1.29, 1.82) is 0 Å². The maximum atomic E-state index is 13.7. The number of fused-ring (bicyclic) bond motifs is 1. The van der Waals surface area contributed by atoms with Crippen molar-refractivity contribution >= 4 is 23.3 Å². The van der Waals surface area contributed by atoms with Crippen LogP contribution in [0, 0.1) is 11.7 Å². The highest BCUT2D eigenvalue weighted by Gasteiger charge is 2.39. The number of primary amides is 1. The molecule has 19 heavy (non-hydrogen) atoms. The Bertz CT molecular complexity index is 533. The van der Waals surface area contributed by atoms with Gasteiger partial charge in [-0.2, -0.15) is 0 Å². The fourth-order valence-corrected chi connectivity index (χ4v) is 2.29. The summed E-state index contributed by atoms with van der Waals surface area (Å²) in [5.41, 5.74) is 5.67. The Morgan fingerprint density at radius 1 is 1.58 bits per heavy atom. The number of amides is 3. The van der Waals surface area contributed by atoms with E-state index in [1.165, 1.54) is 17.0 Å². The third-order valence-electron chi connectivity index (χ3n) is 3.47. The van der Waals surface area contributed by atoms with Crippen molar-refractivity contribution in [3.8, 4) is 0 Å². The first kappa shape index (κ1) is 13.3. The number of nitrogens with zero attached hydrogens (tertiary/aromatic N) is 1. The highest BCUT2D eigenvalue weighted by molar-refractivity contribution is 6.11. The lowest BCUT2D eigenvalue weighted by Gasteiger charge is -2.38. The van der Waals surface area contributed by atoms with Crippen LogP contribution in [0.25, 0.3) is 0 Å². The summed E-state index contributed by atoms with van der Waals surface area (Å²) in [4.78, 5) is 24.9. The molecule has 3 amide bonds. The average molecular weight is 265 g/mol. The van der Waals surface area contributed by atoms with E-state index in [2.05, 4.69) is 5.32 Å². The van der Waals surface area contributed by atoms with Gasteiger partial charge in [0.15, 0.2) is 0 Å². The van der Waals surface area contributed by atoms with Gasteiger partial charge in [-0.3, -0.25) is 9.69 Å². The van der Waals surface area contributed by atoms with Crippen LogP contribution in [-0.4, -0.2) is 18.0 Å². The maximum absolute atomic E-state index is 13.7.